The summed E-state index contributed by atoms with van der Waals surface area (Å²) in [7, 11) is 3.02. The second-order valence-electron chi connectivity index (χ2n) is 2.76. The van der Waals surface area contributed by atoms with Gasteiger partial charge in [-0.2, -0.15) is 0 Å². The van der Waals surface area contributed by atoms with Crippen LogP contribution < -0.4 is 15.4 Å². The van der Waals surface area contributed by atoms with Gasteiger partial charge in [0, 0.05) is 12.6 Å². The first-order valence-corrected chi connectivity index (χ1v) is 4.33. The zero-order valence-corrected chi connectivity index (χ0v) is 8.53. The van der Waals surface area contributed by atoms with Gasteiger partial charge in [-0.1, -0.05) is 0 Å². The summed E-state index contributed by atoms with van der Waals surface area (Å²) in [5.41, 5.74) is 1.01. The van der Waals surface area contributed by atoms with Crippen LogP contribution in [0.4, 0.5) is 5.69 Å². The maximum Gasteiger partial charge on any atom is 0.251 e. The largest absolute Gasteiger partial charge is 0.495 e. The Hall–Kier alpha value is -2.04. The first-order chi connectivity index (χ1) is 7.22. The molecule has 0 heterocycles. The molecule has 0 aliphatic heterocycles. The molecule has 2 amide bonds. The molecule has 1 rings (SSSR count). The third kappa shape index (κ3) is 2.46. The van der Waals surface area contributed by atoms with E-state index in [1.54, 1.807) is 25.2 Å². The summed E-state index contributed by atoms with van der Waals surface area (Å²) in [5.74, 6) is 0.245. The SMILES string of the molecule is CNC(=O)c1ccc(NC=O)c(OC)c1. The van der Waals surface area contributed by atoms with Crippen molar-refractivity contribution in [2.75, 3.05) is 19.5 Å². The van der Waals surface area contributed by atoms with Gasteiger partial charge in [0.1, 0.15) is 5.75 Å². The highest BCUT2D eigenvalue weighted by Crippen LogP contribution is 2.24. The van der Waals surface area contributed by atoms with Crippen LogP contribution in [0.15, 0.2) is 18.2 Å². The Kier molecular flexibility index (Phi) is 3.68. The number of carbonyl (C=O) groups is 2. The van der Waals surface area contributed by atoms with Crippen molar-refractivity contribution < 1.29 is 14.3 Å². The van der Waals surface area contributed by atoms with E-state index in [4.69, 9.17) is 4.74 Å². The van der Waals surface area contributed by atoms with Crippen molar-refractivity contribution >= 4 is 18.0 Å². The molecule has 0 atom stereocenters. The summed E-state index contributed by atoms with van der Waals surface area (Å²) in [6.45, 7) is 0. The van der Waals surface area contributed by atoms with Crippen LogP contribution in [0.5, 0.6) is 5.75 Å². The molecule has 0 bridgehead atoms. The van der Waals surface area contributed by atoms with Crippen molar-refractivity contribution in [1.29, 1.82) is 0 Å². The minimum atomic E-state index is -0.203. The van der Waals surface area contributed by atoms with E-state index in [1.165, 1.54) is 7.11 Å². The number of nitrogens with one attached hydrogen (secondary N) is 2. The monoisotopic (exact) mass is 208 g/mol. The Morgan fingerprint density at radius 2 is 2.20 bits per heavy atom. The van der Waals surface area contributed by atoms with Crippen LogP contribution in [0.2, 0.25) is 0 Å². The third-order valence-corrected chi connectivity index (χ3v) is 1.91. The Labute approximate surface area is 87.4 Å². The fraction of sp³-hybridized carbons (Fsp3) is 0.200. The van der Waals surface area contributed by atoms with E-state index in [9.17, 15) is 9.59 Å². The van der Waals surface area contributed by atoms with Crippen molar-refractivity contribution in [3.63, 3.8) is 0 Å². The lowest BCUT2D eigenvalue weighted by Crippen LogP contribution is -2.17. The number of methoxy groups -OCH3 is 1. The van der Waals surface area contributed by atoms with Crippen molar-refractivity contribution in [3.05, 3.63) is 23.8 Å². The van der Waals surface area contributed by atoms with Gasteiger partial charge in [0.05, 0.1) is 12.8 Å². The number of carbonyl (C=O) groups excluding carboxylic acids is 2. The number of hydrogen-bond acceptors (Lipinski definition) is 3. The molecule has 5 heteroatoms. The summed E-state index contributed by atoms with van der Waals surface area (Å²) in [4.78, 5) is 21.6. The summed E-state index contributed by atoms with van der Waals surface area (Å²) in [6, 6.07) is 4.77. The fourth-order valence-corrected chi connectivity index (χ4v) is 1.16. The lowest BCUT2D eigenvalue weighted by molar-refractivity contribution is -0.105. The minimum Gasteiger partial charge on any atom is -0.495 e. The first-order valence-electron chi connectivity index (χ1n) is 4.33. The lowest BCUT2D eigenvalue weighted by Gasteiger charge is -2.08. The second kappa shape index (κ2) is 4.99. The van der Waals surface area contributed by atoms with E-state index in [0.717, 1.165) is 0 Å². The summed E-state index contributed by atoms with van der Waals surface area (Å²) >= 11 is 0. The summed E-state index contributed by atoms with van der Waals surface area (Å²) in [5, 5.41) is 4.97. The van der Waals surface area contributed by atoms with Gasteiger partial charge in [-0.15, -0.1) is 0 Å². The first kappa shape index (κ1) is 11.0. The molecule has 0 aliphatic rings. The molecule has 0 saturated carbocycles. The average molecular weight is 208 g/mol. The molecule has 1 aromatic rings. The quantitative estimate of drug-likeness (QED) is 0.713. The minimum absolute atomic E-state index is 0.203. The highest BCUT2D eigenvalue weighted by molar-refractivity contribution is 5.95. The Balaban J connectivity index is 3.06. The number of rotatable bonds is 4. The standard InChI is InChI=1S/C10H12N2O3/c1-11-10(14)7-3-4-8(12-6-13)9(5-7)15-2/h3-6H,1-2H3,(H,11,14)(H,12,13). The zero-order valence-electron chi connectivity index (χ0n) is 8.53. The van der Waals surface area contributed by atoms with Crippen molar-refractivity contribution in [2.45, 2.75) is 0 Å². The molecule has 2 N–H and O–H groups in total. The number of anilines is 1. The molecule has 0 spiro atoms. The van der Waals surface area contributed by atoms with E-state index in [0.29, 0.717) is 23.4 Å². The number of hydrogen-bond donors (Lipinski definition) is 2. The van der Waals surface area contributed by atoms with E-state index >= 15 is 0 Å². The molecule has 0 aromatic heterocycles. The van der Waals surface area contributed by atoms with Gasteiger partial charge in [0.2, 0.25) is 6.41 Å². The van der Waals surface area contributed by atoms with Gasteiger partial charge in [-0.3, -0.25) is 9.59 Å². The number of amides is 2. The van der Waals surface area contributed by atoms with Gasteiger partial charge in [-0.25, -0.2) is 0 Å². The molecule has 0 fully saturated rings. The normalized spacial score (nSPS) is 9.20. The Morgan fingerprint density at radius 1 is 1.47 bits per heavy atom. The van der Waals surface area contributed by atoms with Crippen LogP contribution in [0.1, 0.15) is 10.4 Å². The van der Waals surface area contributed by atoms with E-state index in [1.807, 2.05) is 0 Å². The maximum absolute atomic E-state index is 11.3. The van der Waals surface area contributed by atoms with Crippen LogP contribution in [0, 0.1) is 0 Å². The van der Waals surface area contributed by atoms with Gasteiger partial charge in [0.25, 0.3) is 5.91 Å². The summed E-state index contributed by atoms with van der Waals surface area (Å²) < 4.78 is 5.03. The predicted octanol–water partition coefficient (Wildman–Crippen LogP) is 0.623. The van der Waals surface area contributed by atoms with Crippen LogP contribution in [0.25, 0.3) is 0 Å². The topological polar surface area (TPSA) is 67.4 Å². The summed E-state index contributed by atoms with van der Waals surface area (Å²) in [6.07, 6.45) is 0.553. The van der Waals surface area contributed by atoms with Crippen molar-refractivity contribution in [2.24, 2.45) is 0 Å². The van der Waals surface area contributed by atoms with E-state index < -0.39 is 0 Å². The number of ether oxygens (including phenoxy) is 1. The third-order valence-electron chi connectivity index (χ3n) is 1.91. The molecule has 0 radical (unpaired) electrons. The molecule has 15 heavy (non-hydrogen) atoms. The lowest BCUT2D eigenvalue weighted by atomic mass is 10.2. The smallest absolute Gasteiger partial charge is 0.251 e. The molecule has 0 aliphatic carbocycles. The second-order valence-corrected chi connectivity index (χ2v) is 2.76. The highest BCUT2D eigenvalue weighted by atomic mass is 16.5. The Bertz CT molecular complexity index is 377. The average Bonchev–Trinajstić information content (AvgIpc) is 2.29. The van der Waals surface area contributed by atoms with E-state index in [2.05, 4.69) is 10.6 Å². The predicted molar refractivity (Wildman–Crippen MR) is 56.1 cm³/mol. The van der Waals surface area contributed by atoms with Crippen LogP contribution in [-0.2, 0) is 4.79 Å². The molecule has 1 aromatic carbocycles. The van der Waals surface area contributed by atoms with E-state index in [-0.39, 0.29) is 5.91 Å². The molecule has 5 nitrogen and oxygen atoms in total. The fourth-order valence-electron chi connectivity index (χ4n) is 1.16. The van der Waals surface area contributed by atoms with Gasteiger partial charge in [-0.05, 0) is 18.2 Å². The van der Waals surface area contributed by atoms with Crippen LogP contribution in [-0.4, -0.2) is 26.5 Å². The molecular weight excluding hydrogens is 196 g/mol. The maximum atomic E-state index is 11.3. The number of benzene rings is 1. The van der Waals surface area contributed by atoms with Crippen molar-refractivity contribution in [3.8, 4) is 5.75 Å². The van der Waals surface area contributed by atoms with Crippen LogP contribution >= 0.6 is 0 Å². The van der Waals surface area contributed by atoms with Gasteiger partial charge in [0.15, 0.2) is 0 Å². The van der Waals surface area contributed by atoms with Crippen LogP contribution in [0.3, 0.4) is 0 Å². The van der Waals surface area contributed by atoms with Gasteiger partial charge < -0.3 is 15.4 Å². The van der Waals surface area contributed by atoms with Crippen molar-refractivity contribution in [1.82, 2.24) is 5.32 Å². The molecule has 80 valence electrons. The zero-order chi connectivity index (χ0) is 11.3. The molecular formula is C10H12N2O3. The van der Waals surface area contributed by atoms with Gasteiger partial charge >= 0.3 is 0 Å². The molecule has 0 saturated heterocycles. The highest BCUT2D eigenvalue weighted by Gasteiger charge is 2.08. The Morgan fingerprint density at radius 3 is 2.73 bits per heavy atom. The molecule has 0 unspecified atom stereocenters.